The van der Waals surface area contributed by atoms with Gasteiger partial charge < -0.3 is 28.8 Å². The topological polar surface area (TPSA) is 126 Å². The number of rotatable bonds is 6. The van der Waals surface area contributed by atoms with Gasteiger partial charge in [0.05, 0.1) is 40.7 Å². The molecule has 1 aliphatic heterocycles. The summed E-state index contributed by atoms with van der Waals surface area (Å²) < 4.78 is 24.5. The van der Waals surface area contributed by atoms with Crippen LogP contribution in [0.3, 0.4) is 0 Å². The third-order valence-corrected chi connectivity index (χ3v) is 6.78. The fourth-order valence-corrected chi connectivity index (χ4v) is 4.15. The van der Waals surface area contributed by atoms with Crippen molar-refractivity contribution >= 4 is 11.9 Å². The number of aliphatic hydroxyl groups is 1. The molecule has 1 aliphatic rings. The molecule has 49 heavy (non-hydrogen) atoms. The Morgan fingerprint density at radius 3 is 1.41 bits per heavy atom. The van der Waals surface area contributed by atoms with Gasteiger partial charge in [0.15, 0.2) is 0 Å². The number of pyridine rings is 2. The van der Waals surface area contributed by atoms with E-state index in [-0.39, 0.29) is 18.0 Å². The average Bonchev–Trinajstić information content (AvgIpc) is 3.76. The summed E-state index contributed by atoms with van der Waals surface area (Å²) in [6.45, 7) is 3.70. The van der Waals surface area contributed by atoms with E-state index in [1.807, 2.05) is 61.5 Å². The third-order valence-electron chi connectivity index (χ3n) is 6.78. The fourth-order valence-electron chi connectivity index (χ4n) is 4.15. The summed E-state index contributed by atoms with van der Waals surface area (Å²) in [7, 11) is 5.84. The molecule has 3 heterocycles. The van der Waals surface area contributed by atoms with Gasteiger partial charge in [0.2, 0.25) is 0 Å². The Morgan fingerprint density at radius 2 is 1.06 bits per heavy atom. The van der Waals surface area contributed by atoms with E-state index in [0.29, 0.717) is 11.3 Å². The van der Waals surface area contributed by atoms with Gasteiger partial charge in [-0.2, -0.15) is 0 Å². The molecule has 0 atom stereocenters. The lowest BCUT2D eigenvalue weighted by Gasteiger charge is -2.03. The van der Waals surface area contributed by atoms with Crippen LogP contribution in [0.15, 0.2) is 72.8 Å². The highest BCUT2D eigenvalue weighted by Crippen LogP contribution is 2.13. The lowest BCUT2D eigenvalue weighted by Crippen LogP contribution is -2.07. The molecular formula is C39H40N2O8. The summed E-state index contributed by atoms with van der Waals surface area (Å²) in [5.41, 5.74) is 4.56. The summed E-state index contributed by atoms with van der Waals surface area (Å²) in [6.07, 6.45) is 3.28. The molecule has 10 nitrogen and oxygen atoms in total. The van der Waals surface area contributed by atoms with Gasteiger partial charge in [-0.3, -0.25) is 0 Å². The Morgan fingerprint density at radius 1 is 0.653 bits per heavy atom. The van der Waals surface area contributed by atoms with Crippen molar-refractivity contribution in [3.8, 4) is 35.2 Å². The van der Waals surface area contributed by atoms with Gasteiger partial charge in [0.1, 0.15) is 22.9 Å². The van der Waals surface area contributed by atoms with E-state index in [1.165, 1.54) is 33.1 Å². The normalized spacial score (nSPS) is 11.1. The highest BCUT2D eigenvalue weighted by Gasteiger charge is 2.10. The second-order valence-corrected chi connectivity index (χ2v) is 10.2. The Kier molecular flexibility index (Phi) is 15.8. The van der Waals surface area contributed by atoms with Crippen LogP contribution >= 0.6 is 0 Å². The van der Waals surface area contributed by atoms with Crippen LogP contribution in [-0.2, 0) is 27.2 Å². The van der Waals surface area contributed by atoms with E-state index in [2.05, 4.69) is 38.4 Å². The van der Waals surface area contributed by atoms with Crippen molar-refractivity contribution in [2.75, 3.05) is 41.7 Å². The standard InChI is InChI=1S/C18H17NO3.C17H15NO4.C4H8O/c1-4-15-11-14(12-17(19-15)18(20)22-3)6-5-13-7-9-16(21-2)10-8-13;1-21-15-7-5-12(6-8-15)3-4-13-9-14(11-19)18-16(10-13)17(20)22-2;1-2-4-5-3-1/h7-12H,4H2,1-3H3;5-10,19H,11H2,1-2H3;1-4H2. The highest BCUT2D eigenvalue weighted by molar-refractivity contribution is 5.88. The van der Waals surface area contributed by atoms with Gasteiger partial charge in [0, 0.05) is 41.2 Å². The Labute approximate surface area is 287 Å². The minimum absolute atomic E-state index is 0.119. The second kappa shape index (κ2) is 20.5. The van der Waals surface area contributed by atoms with Crippen molar-refractivity contribution in [3.63, 3.8) is 0 Å². The zero-order chi connectivity index (χ0) is 35.4. The maximum Gasteiger partial charge on any atom is 0.356 e. The minimum Gasteiger partial charge on any atom is -0.497 e. The molecule has 0 unspecified atom stereocenters. The van der Waals surface area contributed by atoms with Crippen LogP contribution in [0.25, 0.3) is 0 Å². The van der Waals surface area contributed by atoms with Crippen molar-refractivity contribution in [3.05, 3.63) is 118 Å². The molecule has 0 radical (unpaired) electrons. The maximum atomic E-state index is 11.6. The van der Waals surface area contributed by atoms with Crippen LogP contribution < -0.4 is 9.47 Å². The zero-order valence-corrected chi connectivity index (χ0v) is 28.4. The molecule has 1 N–H and O–H groups in total. The first-order valence-corrected chi connectivity index (χ1v) is 15.5. The van der Waals surface area contributed by atoms with Crippen LogP contribution in [0.2, 0.25) is 0 Å². The van der Waals surface area contributed by atoms with Gasteiger partial charge in [-0.05, 0) is 92.1 Å². The third kappa shape index (κ3) is 12.8. The predicted octanol–water partition coefficient (Wildman–Crippen LogP) is 5.40. The number of benzene rings is 2. The lowest BCUT2D eigenvalue weighted by molar-refractivity contribution is 0.0585. The molecule has 2 aromatic heterocycles. The number of hydrogen-bond acceptors (Lipinski definition) is 10. The smallest absolute Gasteiger partial charge is 0.356 e. The van der Waals surface area contributed by atoms with Crippen LogP contribution in [0, 0.1) is 23.7 Å². The average molecular weight is 665 g/mol. The van der Waals surface area contributed by atoms with E-state index in [1.54, 1.807) is 26.4 Å². The van der Waals surface area contributed by atoms with Crippen LogP contribution in [0.4, 0.5) is 0 Å². The van der Waals surface area contributed by atoms with Gasteiger partial charge in [-0.25, -0.2) is 19.6 Å². The number of ether oxygens (including phenoxy) is 5. The van der Waals surface area contributed by atoms with Gasteiger partial charge in [0.25, 0.3) is 0 Å². The first-order valence-electron chi connectivity index (χ1n) is 15.5. The molecule has 1 fully saturated rings. The molecule has 10 heteroatoms. The van der Waals surface area contributed by atoms with E-state index in [9.17, 15) is 14.7 Å². The summed E-state index contributed by atoms with van der Waals surface area (Å²) in [4.78, 5) is 31.4. The number of esters is 2. The van der Waals surface area contributed by atoms with E-state index in [0.717, 1.165) is 53.5 Å². The van der Waals surface area contributed by atoms with Crippen LogP contribution in [-0.4, -0.2) is 68.7 Å². The molecule has 0 amide bonds. The zero-order valence-electron chi connectivity index (χ0n) is 28.4. The van der Waals surface area contributed by atoms with Crippen LogP contribution in [0.1, 0.15) is 74.4 Å². The van der Waals surface area contributed by atoms with Gasteiger partial charge in [-0.15, -0.1) is 0 Å². The van der Waals surface area contributed by atoms with E-state index < -0.39 is 11.9 Å². The first kappa shape index (κ1) is 37.8. The number of carbonyl (C=O) groups is 2. The van der Waals surface area contributed by atoms with Crippen LogP contribution in [0.5, 0.6) is 11.5 Å². The SMILES string of the molecule is C1CCOC1.CCc1cc(C#Cc2ccc(OC)cc2)cc(C(=O)OC)n1.COC(=O)c1cc(C#Cc2ccc(OC)cc2)cc(CO)n1. The number of aromatic nitrogens is 2. The second-order valence-electron chi connectivity index (χ2n) is 10.2. The number of methoxy groups -OCH3 is 4. The molecule has 0 spiro atoms. The van der Waals surface area contributed by atoms with Gasteiger partial charge in [-0.1, -0.05) is 30.6 Å². The number of aryl methyl sites for hydroxylation is 1. The summed E-state index contributed by atoms with van der Waals surface area (Å²) in [5.74, 6) is 12.6. The van der Waals surface area contributed by atoms with Crippen molar-refractivity contribution in [2.45, 2.75) is 32.8 Å². The molecule has 254 valence electrons. The van der Waals surface area contributed by atoms with Crippen molar-refractivity contribution in [1.82, 2.24) is 9.97 Å². The largest absolute Gasteiger partial charge is 0.497 e. The maximum absolute atomic E-state index is 11.6. The molecule has 0 saturated carbocycles. The number of hydrogen-bond donors (Lipinski definition) is 1. The van der Waals surface area contributed by atoms with Crippen molar-refractivity contribution in [1.29, 1.82) is 0 Å². The molecular weight excluding hydrogens is 624 g/mol. The predicted molar refractivity (Wildman–Crippen MR) is 184 cm³/mol. The summed E-state index contributed by atoms with van der Waals surface area (Å²) >= 11 is 0. The highest BCUT2D eigenvalue weighted by atomic mass is 16.5. The number of nitrogens with zero attached hydrogens (tertiary/aromatic N) is 2. The quantitative estimate of drug-likeness (QED) is 0.211. The van der Waals surface area contributed by atoms with Crippen molar-refractivity contribution < 1.29 is 38.4 Å². The Bertz CT molecular complexity index is 1660. The first-order chi connectivity index (χ1) is 23.8. The molecule has 0 aliphatic carbocycles. The Hall–Kier alpha value is -5.68. The minimum atomic E-state index is -0.567. The van der Waals surface area contributed by atoms with Crippen molar-refractivity contribution in [2.24, 2.45) is 0 Å². The summed E-state index contributed by atoms with van der Waals surface area (Å²) in [5, 5.41) is 9.21. The molecule has 2 aromatic carbocycles. The summed E-state index contributed by atoms with van der Waals surface area (Å²) in [6, 6.07) is 21.5. The fraction of sp³-hybridized carbons (Fsp3) is 0.282. The molecule has 0 bridgehead atoms. The monoisotopic (exact) mass is 664 g/mol. The number of carbonyl (C=O) groups excluding carboxylic acids is 2. The molecule has 5 rings (SSSR count). The van der Waals surface area contributed by atoms with Gasteiger partial charge >= 0.3 is 11.9 Å². The lowest BCUT2D eigenvalue weighted by atomic mass is 10.1. The molecule has 4 aromatic rings. The van der Waals surface area contributed by atoms with E-state index >= 15 is 0 Å². The van der Waals surface area contributed by atoms with E-state index in [4.69, 9.17) is 18.9 Å². The number of aliphatic hydroxyl groups excluding tert-OH is 1. The molecule has 1 saturated heterocycles. The Balaban J connectivity index is 0.000000232.